The predicted molar refractivity (Wildman–Crippen MR) is 145 cm³/mol. The van der Waals surface area contributed by atoms with E-state index in [1.807, 2.05) is 0 Å². The van der Waals surface area contributed by atoms with Crippen LogP contribution in [0.1, 0.15) is 162 Å². The summed E-state index contributed by atoms with van der Waals surface area (Å²) in [5, 5.41) is 0. The summed E-state index contributed by atoms with van der Waals surface area (Å²) in [6, 6.07) is 0. The van der Waals surface area contributed by atoms with Crippen LogP contribution in [0.3, 0.4) is 0 Å². The first kappa shape index (κ1) is 29.4. The van der Waals surface area contributed by atoms with Gasteiger partial charge in [0.05, 0.1) is 0 Å². The lowest BCUT2D eigenvalue weighted by Crippen LogP contribution is -2.39. The van der Waals surface area contributed by atoms with Crippen LogP contribution in [-0.4, -0.2) is 29.1 Å². The summed E-state index contributed by atoms with van der Waals surface area (Å²) in [7, 11) is 0. The van der Waals surface area contributed by atoms with Gasteiger partial charge in [-0.05, 0) is 25.7 Å². The third kappa shape index (κ3) is 15.2. The van der Waals surface area contributed by atoms with Crippen LogP contribution in [0.25, 0.3) is 0 Å². The Morgan fingerprint density at radius 3 is 1.12 bits per heavy atom. The van der Waals surface area contributed by atoms with Crippen molar-refractivity contribution in [1.82, 2.24) is 9.80 Å². The summed E-state index contributed by atoms with van der Waals surface area (Å²) in [6.45, 7) is 9.45. The molecule has 0 amide bonds. The lowest BCUT2D eigenvalue weighted by molar-refractivity contribution is 0.135. The van der Waals surface area contributed by atoms with Crippen molar-refractivity contribution in [3.05, 3.63) is 12.4 Å². The quantitative estimate of drug-likeness (QED) is 0.135. The molecule has 2 heteroatoms. The molecule has 1 rings (SSSR count). The van der Waals surface area contributed by atoms with Gasteiger partial charge in [0.15, 0.2) is 0 Å². The summed E-state index contributed by atoms with van der Waals surface area (Å²) in [4.78, 5) is 5.33. The van der Waals surface area contributed by atoms with Crippen LogP contribution in [-0.2, 0) is 0 Å². The number of nitrogens with zero attached hydrogens (tertiary/aromatic N) is 2. The van der Waals surface area contributed by atoms with Gasteiger partial charge in [-0.25, -0.2) is 0 Å². The number of rotatable bonds is 24. The number of unbranched alkanes of at least 4 members (excludes halogenated alkanes) is 18. The fourth-order valence-electron chi connectivity index (χ4n) is 5.13. The Bertz CT molecular complexity index is 406. The Hall–Kier alpha value is -0.660. The molecule has 0 aromatic rings. The van der Waals surface area contributed by atoms with Crippen LogP contribution >= 0.6 is 0 Å². The summed E-state index contributed by atoms with van der Waals surface area (Å²) in [5.74, 6) is 0. The summed E-state index contributed by atoms with van der Waals surface area (Å²) in [6.07, 6.45) is 36.6. The summed E-state index contributed by atoms with van der Waals surface area (Å²) >= 11 is 0. The van der Waals surface area contributed by atoms with E-state index in [1.54, 1.807) is 0 Å². The van der Waals surface area contributed by atoms with E-state index >= 15 is 0 Å². The molecule has 190 valence electrons. The second-order valence-electron chi connectivity index (χ2n) is 10.4. The van der Waals surface area contributed by atoms with E-state index in [-0.39, 0.29) is 0 Å². The maximum Gasteiger partial charge on any atom is 0.101 e. The van der Waals surface area contributed by atoms with Gasteiger partial charge in [0.1, 0.15) is 6.17 Å². The zero-order valence-electron chi connectivity index (χ0n) is 22.6. The largest absolute Gasteiger partial charge is 0.356 e. The highest BCUT2D eigenvalue weighted by molar-refractivity contribution is 4.96. The normalized spacial score (nSPS) is 15.9. The molecule has 0 aromatic carbocycles. The van der Waals surface area contributed by atoms with Gasteiger partial charge in [-0.15, -0.1) is 0 Å². The Kier molecular flexibility index (Phi) is 20.3. The van der Waals surface area contributed by atoms with E-state index in [4.69, 9.17) is 0 Å². The molecule has 1 unspecified atom stereocenters. The zero-order chi connectivity index (χ0) is 23.1. The zero-order valence-corrected chi connectivity index (χ0v) is 22.6. The van der Waals surface area contributed by atoms with Gasteiger partial charge >= 0.3 is 0 Å². The maximum absolute atomic E-state index is 2.67. The minimum atomic E-state index is 0.644. The fraction of sp³-hybridized carbons (Fsp3) is 0.933. The van der Waals surface area contributed by atoms with Crippen molar-refractivity contribution in [3.8, 4) is 0 Å². The molecule has 0 bridgehead atoms. The average Bonchev–Trinajstić information content (AvgIpc) is 3.19. The number of hydrogen-bond donors (Lipinski definition) is 0. The van der Waals surface area contributed by atoms with Crippen molar-refractivity contribution in [1.29, 1.82) is 0 Å². The maximum atomic E-state index is 2.67. The van der Waals surface area contributed by atoms with Crippen LogP contribution < -0.4 is 0 Å². The molecule has 0 N–H and O–H groups in total. The van der Waals surface area contributed by atoms with E-state index in [0.717, 1.165) is 0 Å². The van der Waals surface area contributed by atoms with Gasteiger partial charge in [-0.1, -0.05) is 136 Å². The molecule has 0 aliphatic carbocycles. The van der Waals surface area contributed by atoms with Gasteiger partial charge in [-0.3, -0.25) is 0 Å². The topological polar surface area (TPSA) is 6.48 Å². The molecule has 0 radical (unpaired) electrons. The van der Waals surface area contributed by atoms with Crippen molar-refractivity contribution in [2.45, 2.75) is 168 Å². The van der Waals surface area contributed by atoms with Crippen LogP contribution in [0.15, 0.2) is 12.4 Å². The molecule has 1 aliphatic rings. The molecule has 0 spiro atoms. The smallest absolute Gasteiger partial charge is 0.101 e. The van der Waals surface area contributed by atoms with Gasteiger partial charge < -0.3 is 9.80 Å². The Morgan fingerprint density at radius 2 is 0.719 bits per heavy atom. The first-order valence-corrected chi connectivity index (χ1v) is 15.0. The van der Waals surface area contributed by atoms with E-state index in [1.165, 1.54) is 154 Å². The van der Waals surface area contributed by atoms with E-state index in [2.05, 4.69) is 43.0 Å². The van der Waals surface area contributed by atoms with E-state index in [0.29, 0.717) is 6.17 Å². The summed E-state index contributed by atoms with van der Waals surface area (Å²) < 4.78 is 0. The molecule has 0 saturated heterocycles. The van der Waals surface area contributed by atoms with Gasteiger partial charge in [0.2, 0.25) is 0 Å². The third-order valence-corrected chi connectivity index (χ3v) is 7.32. The number of hydrogen-bond acceptors (Lipinski definition) is 2. The van der Waals surface area contributed by atoms with E-state index < -0.39 is 0 Å². The molecule has 0 fully saturated rings. The van der Waals surface area contributed by atoms with Gasteiger partial charge in [-0.2, -0.15) is 0 Å². The van der Waals surface area contributed by atoms with Crippen molar-refractivity contribution in [2.75, 3.05) is 13.1 Å². The van der Waals surface area contributed by atoms with Gasteiger partial charge in [0, 0.05) is 25.5 Å². The van der Waals surface area contributed by atoms with E-state index in [9.17, 15) is 0 Å². The molecule has 1 atom stereocenters. The average molecular weight is 449 g/mol. The first-order chi connectivity index (χ1) is 15.8. The summed E-state index contributed by atoms with van der Waals surface area (Å²) in [5.41, 5.74) is 0. The van der Waals surface area contributed by atoms with Crippen LogP contribution in [0.4, 0.5) is 0 Å². The SMILES string of the molecule is CCCCCCCCCCCCCCCN1C=CN(CCCCCC)C1CCCCCC. The minimum absolute atomic E-state index is 0.644. The fourth-order valence-corrected chi connectivity index (χ4v) is 5.13. The Balaban J connectivity index is 2.11. The van der Waals surface area contributed by atoms with Gasteiger partial charge in [0.25, 0.3) is 0 Å². The van der Waals surface area contributed by atoms with Crippen LogP contribution in [0.5, 0.6) is 0 Å². The Labute approximate surface area is 203 Å². The molecule has 1 aliphatic heterocycles. The first-order valence-electron chi connectivity index (χ1n) is 15.0. The molecular formula is C30H60N2. The minimum Gasteiger partial charge on any atom is -0.356 e. The monoisotopic (exact) mass is 448 g/mol. The molecule has 0 aromatic heterocycles. The standard InChI is InChI=1S/C30H60N2/c1-4-7-10-13-14-15-16-17-18-19-20-21-24-27-32-29-28-31(26-23-12-9-6-3)30(32)25-22-11-8-5-2/h28-30H,4-27H2,1-3H3. The van der Waals surface area contributed by atoms with Crippen molar-refractivity contribution < 1.29 is 0 Å². The molecule has 32 heavy (non-hydrogen) atoms. The lowest BCUT2D eigenvalue weighted by Gasteiger charge is -2.33. The Morgan fingerprint density at radius 1 is 0.406 bits per heavy atom. The predicted octanol–water partition coefficient (Wildman–Crippen LogP) is 10.0. The molecular weight excluding hydrogens is 388 g/mol. The van der Waals surface area contributed by atoms with Crippen LogP contribution in [0.2, 0.25) is 0 Å². The van der Waals surface area contributed by atoms with Crippen molar-refractivity contribution in [3.63, 3.8) is 0 Å². The molecule has 1 heterocycles. The highest BCUT2D eigenvalue weighted by Gasteiger charge is 2.24. The second kappa shape index (κ2) is 22.1. The lowest BCUT2D eigenvalue weighted by atomic mass is 10.0. The molecule has 0 saturated carbocycles. The van der Waals surface area contributed by atoms with Crippen LogP contribution in [0, 0.1) is 0 Å². The highest BCUT2D eigenvalue weighted by Crippen LogP contribution is 2.23. The third-order valence-electron chi connectivity index (χ3n) is 7.32. The second-order valence-corrected chi connectivity index (χ2v) is 10.4. The molecule has 2 nitrogen and oxygen atoms in total. The van der Waals surface area contributed by atoms with Crippen molar-refractivity contribution >= 4 is 0 Å². The highest BCUT2D eigenvalue weighted by atomic mass is 15.4. The van der Waals surface area contributed by atoms with Crippen molar-refractivity contribution in [2.24, 2.45) is 0 Å².